The molecule has 0 unspecified atom stereocenters. The van der Waals surface area contributed by atoms with Crippen LogP contribution in [0.1, 0.15) is 5.69 Å². The molecular weight excluding hydrogens is 216 g/mol. The molecule has 0 aliphatic rings. The number of ether oxygens (including phenoxy) is 1. The molecule has 0 radical (unpaired) electrons. The first kappa shape index (κ1) is 10.9. The van der Waals surface area contributed by atoms with E-state index in [0.29, 0.717) is 17.4 Å². The van der Waals surface area contributed by atoms with Crippen LogP contribution in [-0.2, 0) is 0 Å². The normalized spacial score (nSPS) is 9.41. The molecule has 5 nitrogen and oxygen atoms in total. The summed E-state index contributed by atoms with van der Waals surface area (Å²) in [6.45, 7) is 0. The first-order chi connectivity index (χ1) is 8.31. The number of hydrogen-bond donors (Lipinski definition) is 1. The van der Waals surface area contributed by atoms with Gasteiger partial charge in [-0.25, -0.2) is 9.97 Å². The number of rotatable bonds is 3. The Bertz CT molecular complexity index is 545. The Balaban J connectivity index is 2.16. The number of nitrogens with zero attached hydrogens (tertiary/aromatic N) is 3. The van der Waals surface area contributed by atoms with Gasteiger partial charge in [-0.3, -0.25) is 0 Å². The van der Waals surface area contributed by atoms with Gasteiger partial charge in [-0.2, -0.15) is 5.26 Å². The number of nitriles is 1. The number of nitrogens with one attached hydrogen (secondary N) is 1. The van der Waals surface area contributed by atoms with Crippen molar-refractivity contribution in [1.82, 2.24) is 9.97 Å². The fraction of sp³-hybridized carbons (Fsp3) is 0.0833. The van der Waals surface area contributed by atoms with Gasteiger partial charge in [0.1, 0.15) is 17.6 Å². The highest BCUT2D eigenvalue weighted by Gasteiger charge is 1.99. The molecule has 0 amide bonds. The van der Waals surface area contributed by atoms with Gasteiger partial charge >= 0.3 is 0 Å². The highest BCUT2D eigenvalue weighted by atomic mass is 16.5. The van der Waals surface area contributed by atoms with E-state index < -0.39 is 0 Å². The largest absolute Gasteiger partial charge is 0.481 e. The van der Waals surface area contributed by atoms with E-state index in [1.807, 2.05) is 12.1 Å². The van der Waals surface area contributed by atoms with Gasteiger partial charge in [0.05, 0.1) is 19.0 Å². The molecule has 0 bridgehead atoms. The lowest BCUT2D eigenvalue weighted by molar-refractivity contribution is 0.398. The van der Waals surface area contributed by atoms with Crippen molar-refractivity contribution in [1.29, 1.82) is 5.26 Å². The smallest absolute Gasteiger partial charge is 0.213 e. The summed E-state index contributed by atoms with van der Waals surface area (Å²) >= 11 is 0. The Kier molecular flexibility index (Phi) is 3.17. The minimum absolute atomic E-state index is 0.372. The van der Waals surface area contributed by atoms with E-state index in [4.69, 9.17) is 10.00 Å². The number of hydrogen-bond acceptors (Lipinski definition) is 5. The molecule has 17 heavy (non-hydrogen) atoms. The van der Waals surface area contributed by atoms with Crippen molar-refractivity contribution in [3.8, 4) is 11.9 Å². The van der Waals surface area contributed by atoms with Crippen LogP contribution in [-0.4, -0.2) is 17.1 Å². The fourth-order valence-corrected chi connectivity index (χ4v) is 1.29. The Morgan fingerprint density at radius 1 is 1.29 bits per heavy atom. The van der Waals surface area contributed by atoms with Gasteiger partial charge in [0.15, 0.2) is 0 Å². The highest BCUT2D eigenvalue weighted by Crippen LogP contribution is 2.15. The van der Waals surface area contributed by atoms with E-state index in [1.165, 1.54) is 0 Å². The van der Waals surface area contributed by atoms with Gasteiger partial charge in [0, 0.05) is 6.07 Å². The average Bonchev–Trinajstić information content (AvgIpc) is 2.40. The van der Waals surface area contributed by atoms with Gasteiger partial charge in [0.25, 0.3) is 0 Å². The van der Waals surface area contributed by atoms with Crippen LogP contribution < -0.4 is 10.1 Å². The molecule has 0 spiro atoms. The number of anilines is 2. The van der Waals surface area contributed by atoms with E-state index in [-0.39, 0.29) is 0 Å². The van der Waals surface area contributed by atoms with E-state index in [1.54, 1.807) is 37.6 Å². The van der Waals surface area contributed by atoms with Crippen molar-refractivity contribution in [3.63, 3.8) is 0 Å². The maximum absolute atomic E-state index is 8.73. The van der Waals surface area contributed by atoms with Gasteiger partial charge in [-0.15, -0.1) is 0 Å². The molecule has 0 aliphatic heterocycles. The first-order valence-electron chi connectivity index (χ1n) is 4.96. The van der Waals surface area contributed by atoms with Crippen molar-refractivity contribution >= 4 is 11.5 Å². The zero-order chi connectivity index (χ0) is 12.1. The van der Waals surface area contributed by atoms with Crippen LogP contribution in [0.15, 0.2) is 36.5 Å². The lowest BCUT2D eigenvalue weighted by Crippen LogP contribution is -1.96. The first-order valence-corrected chi connectivity index (χ1v) is 4.96. The van der Waals surface area contributed by atoms with Crippen LogP contribution in [0.3, 0.4) is 0 Å². The Morgan fingerprint density at radius 2 is 2.18 bits per heavy atom. The topological polar surface area (TPSA) is 70.8 Å². The molecule has 2 rings (SSSR count). The van der Waals surface area contributed by atoms with Crippen molar-refractivity contribution in [2.75, 3.05) is 12.4 Å². The van der Waals surface area contributed by atoms with Gasteiger partial charge in [0.2, 0.25) is 5.88 Å². The van der Waals surface area contributed by atoms with Crippen LogP contribution >= 0.6 is 0 Å². The molecule has 0 saturated heterocycles. The second kappa shape index (κ2) is 4.94. The van der Waals surface area contributed by atoms with Crippen molar-refractivity contribution in [2.24, 2.45) is 0 Å². The minimum Gasteiger partial charge on any atom is -0.481 e. The highest BCUT2D eigenvalue weighted by molar-refractivity contribution is 5.55. The maximum atomic E-state index is 8.73. The summed E-state index contributed by atoms with van der Waals surface area (Å²) in [5, 5.41) is 11.8. The summed E-state index contributed by atoms with van der Waals surface area (Å²) in [6.07, 6.45) is 1.64. The van der Waals surface area contributed by atoms with E-state index >= 15 is 0 Å². The molecule has 0 aliphatic carbocycles. The zero-order valence-electron chi connectivity index (χ0n) is 9.21. The van der Waals surface area contributed by atoms with Gasteiger partial charge < -0.3 is 10.1 Å². The standard InChI is InChI=1S/C12H10N4O/c1-17-12-6-5-10(8-14-12)16-11-4-2-3-9(7-13)15-11/h2-6,8H,1H3,(H,15,16). The molecule has 2 aromatic heterocycles. The predicted molar refractivity (Wildman–Crippen MR) is 63.0 cm³/mol. The van der Waals surface area contributed by atoms with Crippen LogP contribution in [0.25, 0.3) is 0 Å². The molecule has 5 heteroatoms. The molecule has 0 atom stereocenters. The summed E-state index contributed by atoms with van der Waals surface area (Å²) in [5.41, 5.74) is 1.16. The molecule has 2 aromatic rings. The fourth-order valence-electron chi connectivity index (χ4n) is 1.29. The van der Waals surface area contributed by atoms with Gasteiger partial charge in [-0.1, -0.05) is 6.07 Å². The van der Waals surface area contributed by atoms with Crippen LogP contribution in [0.4, 0.5) is 11.5 Å². The molecule has 1 N–H and O–H groups in total. The third-order valence-electron chi connectivity index (χ3n) is 2.08. The predicted octanol–water partition coefficient (Wildman–Crippen LogP) is 2.10. The molecule has 2 heterocycles. The number of pyridine rings is 2. The summed E-state index contributed by atoms with van der Waals surface area (Å²) in [5.74, 6) is 1.16. The monoisotopic (exact) mass is 226 g/mol. The number of methoxy groups -OCH3 is 1. The third-order valence-corrected chi connectivity index (χ3v) is 2.08. The van der Waals surface area contributed by atoms with E-state index in [2.05, 4.69) is 15.3 Å². The SMILES string of the molecule is COc1ccc(Nc2cccc(C#N)n2)cn1. The summed E-state index contributed by atoms with van der Waals surface area (Å²) < 4.78 is 4.96. The number of aromatic nitrogens is 2. The summed E-state index contributed by atoms with van der Waals surface area (Å²) in [4.78, 5) is 8.16. The lowest BCUT2D eigenvalue weighted by atomic mass is 10.3. The molecule has 84 valence electrons. The minimum atomic E-state index is 0.372. The maximum Gasteiger partial charge on any atom is 0.213 e. The summed E-state index contributed by atoms with van der Waals surface area (Å²) in [6, 6.07) is 10.8. The Labute approximate surface area is 98.7 Å². The lowest BCUT2D eigenvalue weighted by Gasteiger charge is -2.05. The Morgan fingerprint density at radius 3 is 2.82 bits per heavy atom. The van der Waals surface area contributed by atoms with Gasteiger partial charge in [-0.05, 0) is 18.2 Å². The quantitative estimate of drug-likeness (QED) is 0.867. The molecule has 0 fully saturated rings. The van der Waals surface area contributed by atoms with Crippen molar-refractivity contribution < 1.29 is 4.74 Å². The second-order valence-corrected chi connectivity index (χ2v) is 3.23. The molecule has 0 saturated carbocycles. The molecular formula is C12H10N4O. The second-order valence-electron chi connectivity index (χ2n) is 3.23. The Hall–Kier alpha value is -2.61. The van der Waals surface area contributed by atoms with E-state index in [9.17, 15) is 0 Å². The van der Waals surface area contributed by atoms with Crippen LogP contribution in [0.5, 0.6) is 5.88 Å². The van der Waals surface area contributed by atoms with E-state index in [0.717, 1.165) is 5.69 Å². The zero-order valence-corrected chi connectivity index (χ0v) is 9.21. The molecule has 0 aromatic carbocycles. The van der Waals surface area contributed by atoms with Crippen LogP contribution in [0.2, 0.25) is 0 Å². The summed E-state index contributed by atoms with van der Waals surface area (Å²) in [7, 11) is 1.56. The average molecular weight is 226 g/mol. The third kappa shape index (κ3) is 2.69. The van der Waals surface area contributed by atoms with Crippen molar-refractivity contribution in [2.45, 2.75) is 0 Å². The van der Waals surface area contributed by atoms with Crippen LogP contribution in [0, 0.1) is 11.3 Å². The van der Waals surface area contributed by atoms with Crippen molar-refractivity contribution in [3.05, 3.63) is 42.2 Å².